The number of benzene rings is 2. The predicted octanol–water partition coefficient (Wildman–Crippen LogP) is 6.26. The van der Waals surface area contributed by atoms with Crippen molar-refractivity contribution in [3.8, 4) is 5.75 Å². The van der Waals surface area contributed by atoms with E-state index in [1.807, 2.05) is 18.2 Å². The van der Waals surface area contributed by atoms with Gasteiger partial charge in [0.2, 0.25) is 0 Å². The molecule has 1 unspecified atom stereocenters. The quantitative estimate of drug-likeness (QED) is 0.312. The number of hydrogen-bond acceptors (Lipinski definition) is 5. The van der Waals surface area contributed by atoms with Gasteiger partial charge in [0, 0.05) is 23.9 Å². The molecule has 0 radical (unpaired) electrons. The average molecular weight is 460 g/mol. The lowest BCUT2D eigenvalue weighted by molar-refractivity contribution is -0.385. The van der Waals surface area contributed by atoms with Crippen LogP contribution in [0.3, 0.4) is 0 Å². The number of nitro benzene ring substituents is 1. The molecule has 1 N–H and O–H groups in total. The van der Waals surface area contributed by atoms with Crippen LogP contribution in [-0.4, -0.2) is 22.1 Å². The SMILES string of the molecule is CC[C@H]1CC(c2ccc(Cl)c(Cc3ccc(O)c([N+](=O)[O-])c3)c2)[C@H](OC(C)=O)[C@@H](C)[C@@H]1C. The molecule has 0 heterocycles. The van der Waals surface area contributed by atoms with Gasteiger partial charge in [0.1, 0.15) is 6.10 Å². The Balaban J connectivity index is 1.96. The third kappa shape index (κ3) is 5.07. The number of hydrogen-bond donors (Lipinski definition) is 1. The van der Waals surface area contributed by atoms with Crippen molar-refractivity contribution in [1.29, 1.82) is 0 Å². The Labute approximate surface area is 193 Å². The number of ether oxygens (including phenoxy) is 1. The van der Waals surface area contributed by atoms with Gasteiger partial charge in [0.15, 0.2) is 5.75 Å². The Bertz CT molecular complexity index is 1010. The molecule has 3 rings (SSSR count). The van der Waals surface area contributed by atoms with Crippen molar-refractivity contribution in [2.24, 2.45) is 17.8 Å². The Morgan fingerprint density at radius 3 is 2.56 bits per heavy atom. The van der Waals surface area contributed by atoms with Gasteiger partial charge in [-0.05, 0) is 59.4 Å². The molecular weight excluding hydrogens is 430 g/mol. The minimum absolute atomic E-state index is 0.0558. The summed E-state index contributed by atoms with van der Waals surface area (Å²) >= 11 is 6.48. The molecule has 32 heavy (non-hydrogen) atoms. The summed E-state index contributed by atoms with van der Waals surface area (Å²) in [7, 11) is 0. The normalized spacial score (nSPS) is 25.3. The average Bonchev–Trinajstić information content (AvgIpc) is 2.74. The van der Waals surface area contributed by atoms with E-state index < -0.39 is 4.92 Å². The second kappa shape index (κ2) is 9.90. The van der Waals surface area contributed by atoms with E-state index in [1.54, 1.807) is 6.07 Å². The zero-order valence-electron chi connectivity index (χ0n) is 18.9. The molecule has 6 nitrogen and oxygen atoms in total. The molecule has 0 spiro atoms. The van der Waals surface area contributed by atoms with Crippen molar-refractivity contribution < 1.29 is 19.6 Å². The van der Waals surface area contributed by atoms with E-state index in [1.165, 1.54) is 19.1 Å². The molecule has 0 saturated heterocycles. The monoisotopic (exact) mass is 459 g/mol. The van der Waals surface area contributed by atoms with Gasteiger partial charge in [-0.2, -0.15) is 0 Å². The van der Waals surface area contributed by atoms with Crippen LogP contribution in [0.5, 0.6) is 5.75 Å². The molecular formula is C25H30ClNO5. The maximum absolute atomic E-state index is 11.9. The summed E-state index contributed by atoms with van der Waals surface area (Å²) in [6.45, 7) is 8.03. The Morgan fingerprint density at radius 2 is 1.94 bits per heavy atom. The summed E-state index contributed by atoms with van der Waals surface area (Å²) in [4.78, 5) is 22.4. The predicted molar refractivity (Wildman–Crippen MR) is 124 cm³/mol. The summed E-state index contributed by atoms with van der Waals surface area (Å²) in [5.41, 5.74) is 2.25. The van der Waals surface area contributed by atoms with E-state index >= 15 is 0 Å². The highest BCUT2D eigenvalue weighted by Crippen LogP contribution is 2.46. The molecule has 1 aliphatic carbocycles. The maximum Gasteiger partial charge on any atom is 0.310 e. The van der Waals surface area contributed by atoms with Gasteiger partial charge in [-0.25, -0.2) is 0 Å². The van der Waals surface area contributed by atoms with Crippen molar-refractivity contribution in [2.75, 3.05) is 0 Å². The van der Waals surface area contributed by atoms with Gasteiger partial charge < -0.3 is 9.84 Å². The zero-order chi connectivity index (χ0) is 23.6. The standard InChI is InChI=1S/C25H30ClNO5/c1-5-18-13-21(25(32-16(4)28)15(3)14(18)2)19-7-8-22(26)20(12-19)10-17-6-9-24(29)23(11-17)27(30)31/h6-9,11-12,14-15,18,21,25,29H,5,10,13H2,1-4H3/t14-,15-,18-,21?,25+/m0/s1. The van der Waals surface area contributed by atoms with Gasteiger partial charge in [-0.15, -0.1) is 0 Å². The van der Waals surface area contributed by atoms with Crippen LogP contribution < -0.4 is 0 Å². The Hall–Kier alpha value is -2.60. The molecule has 7 heteroatoms. The third-order valence-electron chi connectivity index (χ3n) is 7.00. The summed E-state index contributed by atoms with van der Waals surface area (Å²) in [5, 5.41) is 21.5. The van der Waals surface area contributed by atoms with Crippen LogP contribution in [0.15, 0.2) is 36.4 Å². The summed E-state index contributed by atoms with van der Waals surface area (Å²) < 4.78 is 5.80. The van der Waals surface area contributed by atoms with Crippen LogP contribution in [0.4, 0.5) is 5.69 Å². The number of aromatic hydroxyl groups is 1. The number of nitrogens with zero attached hydrogens (tertiary/aromatic N) is 1. The topological polar surface area (TPSA) is 89.7 Å². The van der Waals surface area contributed by atoms with Crippen molar-refractivity contribution in [1.82, 2.24) is 0 Å². The van der Waals surface area contributed by atoms with E-state index in [-0.39, 0.29) is 35.3 Å². The number of phenols is 1. The Kier molecular flexibility index (Phi) is 7.44. The molecule has 0 aromatic heterocycles. The van der Waals surface area contributed by atoms with Crippen molar-refractivity contribution in [3.63, 3.8) is 0 Å². The van der Waals surface area contributed by atoms with Crippen LogP contribution in [-0.2, 0) is 16.0 Å². The molecule has 5 atom stereocenters. The van der Waals surface area contributed by atoms with Crippen LogP contribution >= 0.6 is 11.6 Å². The molecule has 1 saturated carbocycles. The number of esters is 1. The van der Waals surface area contributed by atoms with E-state index in [0.29, 0.717) is 28.8 Å². The maximum atomic E-state index is 11.9. The number of carbonyl (C=O) groups is 1. The lowest BCUT2D eigenvalue weighted by Gasteiger charge is -2.44. The second-order valence-electron chi connectivity index (χ2n) is 8.91. The minimum Gasteiger partial charge on any atom is -0.502 e. The lowest BCUT2D eigenvalue weighted by atomic mass is 9.64. The van der Waals surface area contributed by atoms with Crippen LogP contribution in [0.25, 0.3) is 0 Å². The van der Waals surface area contributed by atoms with Crippen molar-refractivity contribution >= 4 is 23.3 Å². The Morgan fingerprint density at radius 1 is 1.22 bits per heavy atom. The molecule has 1 fully saturated rings. The first-order valence-corrected chi connectivity index (χ1v) is 11.4. The summed E-state index contributed by atoms with van der Waals surface area (Å²) in [6, 6.07) is 10.2. The number of nitro groups is 1. The molecule has 2 aromatic rings. The molecule has 2 aromatic carbocycles. The highest BCUT2D eigenvalue weighted by Gasteiger charge is 2.42. The van der Waals surface area contributed by atoms with Gasteiger partial charge >= 0.3 is 11.7 Å². The summed E-state index contributed by atoms with van der Waals surface area (Å²) in [5.74, 6) is 0.616. The number of rotatable bonds is 6. The smallest absolute Gasteiger partial charge is 0.310 e. The minimum atomic E-state index is -0.601. The third-order valence-corrected chi connectivity index (χ3v) is 7.37. The lowest BCUT2D eigenvalue weighted by Crippen LogP contribution is -2.42. The highest BCUT2D eigenvalue weighted by atomic mass is 35.5. The molecule has 0 amide bonds. The fourth-order valence-electron chi connectivity index (χ4n) is 5.02. The number of halogens is 1. The summed E-state index contributed by atoms with van der Waals surface area (Å²) in [6.07, 6.45) is 2.16. The van der Waals surface area contributed by atoms with E-state index in [2.05, 4.69) is 20.8 Å². The fourth-order valence-corrected chi connectivity index (χ4v) is 5.21. The van der Waals surface area contributed by atoms with Crippen LogP contribution in [0.1, 0.15) is 63.1 Å². The first-order chi connectivity index (χ1) is 15.1. The van der Waals surface area contributed by atoms with E-state index in [4.69, 9.17) is 16.3 Å². The van der Waals surface area contributed by atoms with E-state index in [9.17, 15) is 20.0 Å². The molecule has 0 aliphatic heterocycles. The number of carbonyl (C=O) groups excluding carboxylic acids is 1. The molecule has 172 valence electrons. The van der Waals surface area contributed by atoms with Gasteiger partial charge in [-0.3, -0.25) is 14.9 Å². The number of phenolic OH excluding ortho intramolecular Hbond substituents is 1. The second-order valence-corrected chi connectivity index (χ2v) is 9.32. The largest absolute Gasteiger partial charge is 0.502 e. The molecule has 0 bridgehead atoms. The van der Waals surface area contributed by atoms with E-state index in [0.717, 1.165) is 24.0 Å². The van der Waals surface area contributed by atoms with Gasteiger partial charge in [0.25, 0.3) is 0 Å². The fraction of sp³-hybridized carbons (Fsp3) is 0.480. The first-order valence-electron chi connectivity index (χ1n) is 11.0. The van der Waals surface area contributed by atoms with Crippen LogP contribution in [0.2, 0.25) is 5.02 Å². The van der Waals surface area contributed by atoms with Crippen molar-refractivity contribution in [2.45, 2.75) is 59.0 Å². The van der Waals surface area contributed by atoms with Crippen molar-refractivity contribution in [3.05, 3.63) is 68.2 Å². The van der Waals surface area contributed by atoms with Gasteiger partial charge in [-0.1, -0.05) is 57.0 Å². The highest BCUT2D eigenvalue weighted by molar-refractivity contribution is 6.31. The zero-order valence-corrected chi connectivity index (χ0v) is 19.6. The first kappa shape index (κ1) is 24.1. The molecule has 1 aliphatic rings. The van der Waals surface area contributed by atoms with Gasteiger partial charge in [0.05, 0.1) is 4.92 Å². The van der Waals surface area contributed by atoms with Crippen LogP contribution in [0, 0.1) is 27.9 Å².